The largest absolute Gasteiger partial charge is 0.496 e. The number of hydrogen-bond acceptors (Lipinski definition) is 5. The van der Waals surface area contributed by atoms with Gasteiger partial charge in [0, 0.05) is 36.9 Å². The number of carbonyl (C=O) groups is 1. The summed E-state index contributed by atoms with van der Waals surface area (Å²) in [5.74, 6) is 0.213. The van der Waals surface area contributed by atoms with E-state index in [-0.39, 0.29) is 23.6 Å². The van der Waals surface area contributed by atoms with Gasteiger partial charge in [-0.2, -0.15) is 5.10 Å². The number of pyridine rings is 1. The number of hydrogen-bond donors (Lipinski definition) is 2. The van der Waals surface area contributed by atoms with E-state index in [0.717, 1.165) is 18.2 Å². The van der Waals surface area contributed by atoms with E-state index in [2.05, 4.69) is 10.4 Å². The van der Waals surface area contributed by atoms with Crippen molar-refractivity contribution in [3.05, 3.63) is 52.6 Å². The molecule has 0 unspecified atom stereocenters. The number of benzene rings is 1. The average Bonchev–Trinajstić information content (AvgIpc) is 3.13. The van der Waals surface area contributed by atoms with Gasteiger partial charge in [-0.25, -0.2) is 4.68 Å². The van der Waals surface area contributed by atoms with Gasteiger partial charge in [0.25, 0.3) is 11.5 Å². The van der Waals surface area contributed by atoms with Crippen molar-refractivity contribution >= 4 is 16.8 Å². The van der Waals surface area contributed by atoms with Crippen molar-refractivity contribution in [3.63, 3.8) is 0 Å². The van der Waals surface area contributed by atoms with Crippen LogP contribution in [0.2, 0.25) is 0 Å². The lowest BCUT2D eigenvalue weighted by atomic mass is 9.93. The summed E-state index contributed by atoms with van der Waals surface area (Å²) in [7, 11) is 3.20. The van der Waals surface area contributed by atoms with Crippen molar-refractivity contribution in [2.24, 2.45) is 7.05 Å². The van der Waals surface area contributed by atoms with Crippen molar-refractivity contribution in [3.8, 4) is 11.4 Å². The Balaban J connectivity index is 1.67. The number of ether oxygens (including phenoxy) is 1. The molecule has 1 aromatic carbocycles. The molecule has 1 aliphatic carbocycles. The van der Waals surface area contributed by atoms with Gasteiger partial charge in [-0.1, -0.05) is 0 Å². The summed E-state index contributed by atoms with van der Waals surface area (Å²) in [6.07, 6.45) is 6.05. The number of nitrogens with one attached hydrogen (secondary N) is 1. The molecule has 0 atom stereocenters. The topological polar surface area (TPSA) is 98.4 Å². The van der Waals surface area contributed by atoms with Crippen LogP contribution in [0.1, 0.15) is 36.0 Å². The van der Waals surface area contributed by atoms with Crippen LogP contribution in [0.3, 0.4) is 0 Å². The van der Waals surface area contributed by atoms with Gasteiger partial charge in [-0.3, -0.25) is 9.59 Å². The molecule has 2 N–H and O–H groups in total. The summed E-state index contributed by atoms with van der Waals surface area (Å²) in [6.45, 7) is 0. The maximum Gasteiger partial charge on any atom is 0.276 e. The minimum Gasteiger partial charge on any atom is -0.496 e. The highest BCUT2D eigenvalue weighted by Crippen LogP contribution is 2.27. The van der Waals surface area contributed by atoms with Crippen molar-refractivity contribution in [1.82, 2.24) is 19.7 Å². The molecular formula is C21H24N4O4. The average molecular weight is 396 g/mol. The van der Waals surface area contributed by atoms with E-state index < -0.39 is 0 Å². The van der Waals surface area contributed by atoms with Gasteiger partial charge in [0.1, 0.15) is 11.4 Å². The molecule has 1 amide bonds. The van der Waals surface area contributed by atoms with E-state index in [4.69, 9.17) is 4.74 Å². The lowest BCUT2D eigenvalue weighted by Gasteiger charge is -2.26. The first-order chi connectivity index (χ1) is 14.0. The van der Waals surface area contributed by atoms with E-state index in [9.17, 15) is 14.7 Å². The molecule has 4 rings (SSSR count). The Labute approximate surface area is 167 Å². The third-order valence-corrected chi connectivity index (χ3v) is 5.45. The number of rotatable bonds is 4. The number of nitrogens with zero attached hydrogens (tertiary/aromatic N) is 3. The SMILES string of the molecule is COc1cc2nn(-c3cccn(C)c3=O)cc2cc1C(=O)NC1CCC(O)CC1. The van der Waals surface area contributed by atoms with Gasteiger partial charge < -0.3 is 19.7 Å². The predicted octanol–water partition coefficient (Wildman–Crippen LogP) is 1.77. The Morgan fingerprint density at radius 1 is 1.28 bits per heavy atom. The first kappa shape index (κ1) is 19.2. The molecule has 152 valence electrons. The van der Waals surface area contributed by atoms with Crippen LogP contribution in [-0.2, 0) is 7.05 Å². The van der Waals surface area contributed by atoms with Crippen LogP contribution in [0.4, 0.5) is 0 Å². The Hall–Kier alpha value is -3.13. The van der Waals surface area contributed by atoms with E-state index in [1.54, 1.807) is 43.7 Å². The maximum absolute atomic E-state index is 12.9. The molecule has 8 heteroatoms. The number of methoxy groups -OCH3 is 1. The van der Waals surface area contributed by atoms with Crippen LogP contribution in [0.15, 0.2) is 41.5 Å². The second-order valence-electron chi connectivity index (χ2n) is 7.47. The Morgan fingerprint density at radius 2 is 2.03 bits per heavy atom. The molecule has 0 aliphatic heterocycles. The van der Waals surface area contributed by atoms with Crippen molar-refractivity contribution in [1.29, 1.82) is 0 Å². The van der Waals surface area contributed by atoms with E-state index in [1.165, 1.54) is 16.4 Å². The van der Waals surface area contributed by atoms with Crippen LogP contribution in [0.25, 0.3) is 16.6 Å². The molecule has 1 fully saturated rings. The third kappa shape index (κ3) is 3.75. The molecule has 1 aliphatic rings. The first-order valence-corrected chi connectivity index (χ1v) is 9.68. The van der Waals surface area contributed by atoms with Crippen molar-refractivity contribution < 1.29 is 14.6 Å². The van der Waals surface area contributed by atoms with Crippen molar-refractivity contribution in [2.75, 3.05) is 7.11 Å². The minimum absolute atomic E-state index is 0.0429. The Kier molecular flexibility index (Phi) is 5.10. The van der Waals surface area contributed by atoms with Crippen LogP contribution >= 0.6 is 0 Å². The zero-order chi connectivity index (χ0) is 20.5. The fraction of sp³-hybridized carbons (Fsp3) is 0.381. The molecule has 29 heavy (non-hydrogen) atoms. The molecule has 0 saturated heterocycles. The zero-order valence-electron chi connectivity index (χ0n) is 16.5. The molecule has 1 saturated carbocycles. The number of amides is 1. The summed E-state index contributed by atoms with van der Waals surface area (Å²) in [5, 5.41) is 17.9. The number of aromatic nitrogens is 3. The molecule has 8 nitrogen and oxygen atoms in total. The summed E-state index contributed by atoms with van der Waals surface area (Å²) >= 11 is 0. The van der Waals surface area contributed by atoms with Gasteiger partial charge in [0.15, 0.2) is 0 Å². The fourth-order valence-electron chi connectivity index (χ4n) is 3.76. The molecule has 0 bridgehead atoms. The standard InChI is InChI=1S/C21H24N4O4/c1-24-9-3-4-18(21(24)28)25-12-13-10-16(19(29-2)11-17(13)23-25)20(27)22-14-5-7-15(26)8-6-14/h3-4,9-12,14-15,26H,5-8H2,1-2H3,(H,22,27). The van der Waals surface area contributed by atoms with Crippen LogP contribution in [-0.4, -0.2) is 44.6 Å². The van der Waals surface area contributed by atoms with Gasteiger partial charge in [-0.15, -0.1) is 0 Å². The van der Waals surface area contributed by atoms with E-state index in [1.807, 2.05) is 0 Å². The highest BCUT2D eigenvalue weighted by Gasteiger charge is 2.23. The third-order valence-electron chi connectivity index (χ3n) is 5.45. The monoisotopic (exact) mass is 396 g/mol. The van der Waals surface area contributed by atoms with Gasteiger partial charge in [0.2, 0.25) is 0 Å². The first-order valence-electron chi connectivity index (χ1n) is 9.68. The molecule has 0 spiro atoms. The van der Waals surface area contributed by atoms with Gasteiger partial charge >= 0.3 is 0 Å². The number of carbonyl (C=O) groups excluding carboxylic acids is 1. The number of aliphatic hydroxyl groups excluding tert-OH is 1. The second-order valence-corrected chi connectivity index (χ2v) is 7.47. The number of aryl methyl sites for hydroxylation is 1. The number of aliphatic hydroxyl groups is 1. The lowest BCUT2D eigenvalue weighted by molar-refractivity contribution is 0.0865. The second kappa shape index (κ2) is 7.71. The molecule has 0 radical (unpaired) electrons. The number of fused-ring (bicyclic) bond motifs is 1. The highest BCUT2D eigenvalue weighted by molar-refractivity contribution is 6.01. The lowest BCUT2D eigenvalue weighted by Crippen LogP contribution is -2.38. The van der Waals surface area contributed by atoms with Gasteiger partial charge in [0.05, 0.1) is 24.3 Å². The quantitative estimate of drug-likeness (QED) is 0.700. The summed E-state index contributed by atoms with van der Waals surface area (Å²) in [4.78, 5) is 25.2. The summed E-state index contributed by atoms with van der Waals surface area (Å²) in [5.41, 5.74) is 1.32. The minimum atomic E-state index is -0.273. The summed E-state index contributed by atoms with van der Waals surface area (Å²) < 4.78 is 8.44. The van der Waals surface area contributed by atoms with E-state index >= 15 is 0 Å². The predicted molar refractivity (Wildman–Crippen MR) is 109 cm³/mol. The van der Waals surface area contributed by atoms with Crippen molar-refractivity contribution in [2.45, 2.75) is 37.8 Å². The van der Waals surface area contributed by atoms with Crippen LogP contribution in [0.5, 0.6) is 5.75 Å². The van der Waals surface area contributed by atoms with Crippen LogP contribution in [0, 0.1) is 0 Å². The Morgan fingerprint density at radius 3 is 2.76 bits per heavy atom. The maximum atomic E-state index is 12.9. The molecule has 3 aromatic rings. The van der Waals surface area contributed by atoms with Crippen LogP contribution < -0.4 is 15.6 Å². The molecular weight excluding hydrogens is 372 g/mol. The highest BCUT2D eigenvalue weighted by atomic mass is 16.5. The normalized spacial score (nSPS) is 19.3. The van der Waals surface area contributed by atoms with Gasteiger partial charge in [-0.05, 0) is 43.9 Å². The molecule has 2 aromatic heterocycles. The van der Waals surface area contributed by atoms with E-state index in [0.29, 0.717) is 35.4 Å². The summed E-state index contributed by atoms with van der Waals surface area (Å²) in [6, 6.07) is 6.97. The molecule has 2 heterocycles. The smallest absolute Gasteiger partial charge is 0.276 e. The Bertz CT molecular complexity index is 1110. The fourth-order valence-corrected chi connectivity index (χ4v) is 3.76. The zero-order valence-corrected chi connectivity index (χ0v) is 16.5.